The minimum absolute atomic E-state index is 0.0969. The summed E-state index contributed by atoms with van der Waals surface area (Å²) in [5, 5.41) is 8.73. The maximum Gasteiger partial charge on any atom is 0.140 e. The van der Waals surface area contributed by atoms with Crippen molar-refractivity contribution in [2.75, 3.05) is 0 Å². The van der Waals surface area contributed by atoms with Crippen molar-refractivity contribution in [3.8, 4) is 11.8 Å². The molecule has 3 nitrogen and oxygen atoms in total. The maximum atomic E-state index is 8.73. The zero-order valence-corrected chi connectivity index (χ0v) is 10.5. The molecule has 0 aliphatic heterocycles. The Bertz CT molecular complexity index is 613. The predicted octanol–water partition coefficient (Wildman–Crippen LogP) is 3.41. The number of nitriles is 1. The van der Waals surface area contributed by atoms with E-state index in [-0.39, 0.29) is 6.10 Å². The van der Waals surface area contributed by atoms with E-state index < -0.39 is 0 Å². The lowest BCUT2D eigenvalue weighted by Gasteiger charge is -2.26. The van der Waals surface area contributed by atoms with Gasteiger partial charge in [0, 0.05) is 0 Å². The normalized spacial score (nSPS) is 17.3. The number of fused-ring (bicyclic) bond motifs is 1. The van der Waals surface area contributed by atoms with Gasteiger partial charge in [-0.15, -0.1) is 0 Å². The minimum Gasteiger partial charge on any atom is -0.484 e. The van der Waals surface area contributed by atoms with Crippen molar-refractivity contribution in [2.24, 2.45) is 0 Å². The number of rotatable bonds is 2. The molecule has 0 fully saturated rings. The third-order valence-electron chi connectivity index (χ3n) is 3.44. The summed E-state index contributed by atoms with van der Waals surface area (Å²) >= 11 is 0. The van der Waals surface area contributed by atoms with Crippen molar-refractivity contribution < 1.29 is 4.74 Å². The van der Waals surface area contributed by atoms with E-state index >= 15 is 0 Å². The molecule has 1 aromatic carbocycles. The van der Waals surface area contributed by atoms with Crippen LogP contribution in [0.15, 0.2) is 42.6 Å². The van der Waals surface area contributed by atoms with Crippen LogP contribution >= 0.6 is 0 Å². The number of ether oxygens (including phenoxy) is 1. The van der Waals surface area contributed by atoms with Gasteiger partial charge in [0.05, 0.1) is 6.20 Å². The molecular formula is C16H14N2O. The van der Waals surface area contributed by atoms with Crippen LogP contribution in [-0.2, 0) is 6.42 Å². The molecule has 94 valence electrons. The zero-order valence-electron chi connectivity index (χ0n) is 10.5. The van der Waals surface area contributed by atoms with Gasteiger partial charge >= 0.3 is 0 Å². The lowest BCUT2D eigenvalue weighted by molar-refractivity contribution is 0.183. The van der Waals surface area contributed by atoms with E-state index in [0.717, 1.165) is 25.0 Å². The summed E-state index contributed by atoms with van der Waals surface area (Å²) in [5.74, 6) is 0.723. The molecule has 1 aliphatic carbocycles. The molecule has 0 bridgehead atoms. The quantitative estimate of drug-likeness (QED) is 0.820. The van der Waals surface area contributed by atoms with Crippen LogP contribution in [0, 0.1) is 11.3 Å². The molecule has 0 radical (unpaired) electrons. The average Bonchev–Trinajstić information content (AvgIpc) is 2.48. The Labute approximate surface area is 112 Å². The Morgan fingerprint density at radius 2 is 2.11 bits per heavy atom. The van der Waals surface area contributed by atoms with Crippen LogP contribution < -0.4 is 4.74 Å². The molecule has 3 heteroatoms. The number of pyridine rings is 1. The van der Waals surface area contributed by atoms with Crippen LogP contribution in [0.5, 0.6) is 5.75 Å². The molecule has 1 heterocycles. The molecule has 1 atom stereocenters. The van der Waals surface area contributed by atoms with Gasteiger partial charge in [0.1, 0.15) is 23.6 Å². The smallest absolute Gasteiger partial charge is 0.140 e. The van der Waals surface area contributed by atoms with Crippen LogP contribution in [0.4, 0.5) is 0 Å². The molecule has 0 N–H and O–H groups in total. The molecule has 2 aromatic rings. The van der Waals surface area contributed by atoms with Crippen molar-refractivity contribution >= 4 is 0 Å². The van der Waals surface area contributed by atoms with Gasteiger partial charge in [0.25, 0.3) is 0 Å². The Morgan fingerprint density at radius 1 is 1.21 bits per heavy atom. The molecule has 0 saturated heterocycles. The van der Waals surface area contributed by atoms with Gasteiger partial charge in [0.2, 0.25) is 0 Å². The summed E-state index contributed by atoms with van der Waals surface area (Å²) in [6.07, 6.45) is 5.01. The van der Waals surface area contributed by atoms with Gasteiger partial charge < -0.3 is 4.74 Å². The SMILES string of the molecule is N#Cc1ccc(OC2CCCc3ccccc32)cn1. The van der Waals surface area contributed by atoms with E-state index in [1.54, 1.807) is 12.3 Å². The Kier molecular flexibility index (Phi) is 3.16. The summed E-state index contributed by atoms with van der Waals surface area (Å²) in [6, 6.07) is 13.9. The second kappa shape index (κ2) is 5.11. The Morgan fingerprint density at radius 3 is 2.89 bits per heavy atom. The third kappa shape index (κ3) is 2.43. The fraction of sp³-hybridized carbons (Fsp3) is 0.250. The van der Waals surface area contributed by atoms with Crippen LogP contribution in [0.1, 0.15) is 35.8 Å². The van der Waals surface area contributed by atoms with Crippen molar-refractivity contribution in [1.29, 1.82) is 5.26 Å². The third-order valence-corrected chi connectivity index (χ3v) is 3.44. The minimum atomic E-state index is 0.0969. The maximum absolute atomic E-state index is 8.73. The standard InChI is InChI=1S/C16H14N2O/c17-10-13-8-9-14(11-18-13)19-16-7-3-5-12-4-1-2-6-15(12)16/h1-2,4,6,8-9,11,16H,3,5,7H2. The molecule has 19 heavy (non-hydrogen) atoms. The first-order valence-corrected chi connectivity index (χ1v) is 6.47. The molecular weight excluding hydrogens is 236 g/mol. The van der Waals surface area contributed by atoms with E-state index in [2.05, 4.69) is 29.2 Å². The number of benzene rings is 1. The molecule has 0 amide bonds. The van der Waals surface area contributed by atoms with Crippen molar-refractivity contribution in [1.82, 2.24) is 4.98 Å². The van der Waals surface area contributed by atoms with Gasteiger partial charge in [0.15, 0.2) is 0 Å². The molecule has 1 aliphatic rings. The molecule has 1 aromatic heterocycles. The van der Waals surface area contributed by atoms with Crippen LogP contribution in [0.25, 0.3) is 0 Å². The highest BCUT2D eigenvalue weighted by Gasteiger charge is 2.21. The fourth-order valence-electron chi connectivity index (χ4n) is 2.51. The fourth-order valence-corrected chi connectivity index (χ4v) is 2.51. The number of aryl methyl sites for hydroxylation is 1. The highest BCUT2D eigenvalue weighted by Crippen LogP contribution is 2.33. The summed E-state index contributed by atoms with van der Waals surface area (Å²) in [7, 11) is 0. The van der Waals surface area contributed by atoms with Crippen molar-refractivity contribution in [3.05, 3.63) is 59.4 Å². The molecule has 3 rings (SSSR count). The largest absolute Gasteiger partial charge is 0.484 e. The predicted molar refractivity (Wildman–Crippen MR) is 71.7 cm³/mol. The van der Waals surface area contributed by atoms with E-state index in [4.69, 9.17) is 10.00 Å². The van der Waals surface area contributed by atoms with Gasteiger partial charge in [-0.05, 0) is 42.5 Å². The van der Waals surface area contributed by atoms with E-state index in [1.165, 1.54) is 11.1 Å². The van der Waals surface area contributed by atoms with Gasteiger partial charge in [-0.1, -0.05) is 24.3 Å². The Balaban J connectivity index is 1.82. The zero-order chi connectivity index (χ0) is 13.1. The van der Waals surface area contributed by atoms with E-state index in [9.17, 15) is 0 Å². The number of aromatic nitrogens is 1. The Hall–Kier alpha value is -2.34. The van der Waals surface area contributed by atoms with E-state index in [1.807, 2.05) is 12.1 Å². The van der Waals surface area contributed by atoms with Gasteiger partial charge in [-0.3, -0.25) is 0 Å². The molecule has 0 spiro atoms. The van der Waals surface area contributed by atoms with Gasteiger partial charge in [-0.25, -0.2) is 4.98 Å². The molecule has 1 unspecified atom stereocenters. The molecule has 0 saturated carbocycles. The second-order valence-corrected chi connectivity index (χ2v) is 4.69. The first-order valence-electron chi connectivity index (χ1n) is 6.47. The monoisotopic (exact) mass is 250 g/mol. The van der Waals surface area contributed by atoms with Gasteiger partial charge in [-0.2, -0.15) is 5.26 Å². The topological polar surface area (TPSA) is 45.9 Å². The number of nitrogens with zero attached hydrogens (tertiary/aromatic N) is 2. The average molecular weight is 250 g/mol. The lowest BCUT2D eigenvalue weighted by Crippen LogP contribution is -2.15. The first kappa shape index (κ1) is 11.7. The number of hydrogen-bond donors (Lipinski definition) is 0. The lowest BCUT2D eigenvalue weighted by atomic mass is 9.89. The van der Waals surface area contributed by atoms with Crippen LogP contribution in [0.3, 0.4) is 0 Å². The summed E-state index contributed by atoms with van der Waals surface area (Å²) in [4.78, 5) is 4.03. The summed E-state index contributed by atoms with van der Waals surface area (Å²) in [6.45, 7) is 0. The highest BCUT2D eigenvalue weighted by molar-refractivity contribution is 5.33. The van der Waals surface area contributed by atoms with Crippen LogP contribution in [0.2, 0.25) is 0 Å². The van der Waals surface area contributed by atoms with E-state index in [0.29, 0.717) is 5.69 Å². The summed E-state index contributed by atoms with van der Waals surface area (Å²) in [5.41, 5.74) is 3.06. The van der Waals surface area contributed by atoms with Crippen molar-refractivity contribution in [3.63, 3.8) is 0 Å². The highest BCUT2D eigenvalue weighted by atomic mass is 16.5. The number of hydrogen-bond acceptors (Lipinski definition) is 3. The van der Waals surface area contributed by atoms with Crippen molar-refractivity contribution in [2.45, 2.75) is 25.4 Å². The summed E-state index contributed by atoms with van der Waals surface area (Å²) < 4.78 is 6.01. The first-order chi connectivity index (χ1) is 9.36. The van der Waals surface area contributed by atoms with Crippen LogP contribution in [-0.4, -0.2) is 4.98 Å². The second-order valence-electron chi connectivity index (χ2n) is 4.69.